The minimum Gasteiger partial charge on any atom is -0.351 e. The Kier molecular flexibility index (Phi) is 3.31. The van der Waals surface area contributed by atoms with Gasteiger partial charge in [-0.2, -0.15) is 5.26 Å². The fraction of sp³-hybridized carbons (Fsp3) is 0.211. The lowest BCUT2D eigenvalue weighted by atomic mass is 9.99. The van der Waals surface area contributed by atoms with E-state index in [0.29, 0.717) is 17.8 Å². The molecule has 4 rings (SSSR count). The summed E-state index contributed by atoms with van der Waals surface area (Å²) in [5.41, 5.74) is 5.21. The molecule has 3 aromatic rings. The van der Waals surface area contributed by atoms with Gasteiger partial charge in [-0.15, -0.1) is 0 Å². The van der Waals surface area contributed by atoms with Crippen molar-refractivity contribution in [3.63, 3.8) is 0 Å². The van der Waals surface area contributed by atoms with Crippen molar-refractivity contribution in [1.29, 1.82) is 5.26 Å². The zero-order chi connectivity index (χ0) is 16.7. The molecule has 0 saturated heterocycles. The van der Waals surface area contributed by atoms with Crippen LogP contribution in [0.25, 0.3) is 22.0 Å². The van der Waals surface area contributed by atoms with Crippen LogP contribution < -0.4 is 5.32 Å². The van der Waals surface area contributed by atoms with Gasteiger partial charge in [0, 0.05) is 36.4 Å². The molecule has 0 unspecified atom stereocenters. The number of carbonyl (C=O) groups excluding carboxylic acids is 1. The first-order valence-electron chi connectivity index (χ1n) is 7.96. The second-order valence-corrected chi connectivity index (χ2v) is 6.00. The first-order chi connectivity index (χ1) is 11.7. The molecule has 3 heterocycles. The number of pyridine rings is 1. The van der Waals surface area contributed by atoms with Crippen LogP contribution in [0.15, 0.2) is 36.7 Å². The quantitative estimate of drug-likeness (QED) is 0.750. The normalized spacial score (nSPS) is 13.9. The molecule has 24 heavy (non-hydrogen) atoms. The van der Waals surface area contributed by atoms with Gasteiger partial charge in [0.05, 0.1) is 17.1 Å². The lowest BCUT2D eigenvalue weighted by molar-refractivity contribution is 0.0951. The predicted molar refractivity (Wildman–Crippen MR) is 91.6 cm³/mol. The predicted octanol–water partition coefficient (Wildman–Crippen LogP) is 3.02. The van der Waals surface area contributed by atoms with E-state index in [1.807, 2.05) is 31.2 Å². The number of aromatic nitrogens is 2. The second kappa shape index (κ2) is 5.50. The number of nitrogens with one attached hydrogen (secondary N) is 1. The van der Waals surface area contributed by atoms with E-state index in [0.717, 1.165) is 40.6 Å². The van der Waals surface area contributed by atoms with Gasteiger partial charge in [-0.05, 0) is 48.7 Å². The van der Waals surface area contributed by atoms with Crippen molar-refractivity contribution in [3.8, 4) is 17.2 Å². The number of hydrogen-bond donors (Lipinski definition) is 1. The molecule has 0 fully saturated rings. The maximum absolute atomic E-state index is 12.5. The number of rotatable bonds is 1. The van der Waals surface area contributed by atoms with Gasteiger partial charge >= 0.3 is 0 Å². The average molecular weight is 316 g/mol. The smallest absolute Gasteiger partial charge is 0.268 e. The molecule has 0 bridgehead atoms. The largest absolute Gasteiger partial charge is 0.351 e. The molecule has 2 aromatic heterocycles. The van der Waals surface area contributed by atoms with Crippen LogP contribution in [-0.4, -0.2) is 22.0 Å². The molecule has 5 nitrogen and oxygen atoms in total. The lowest BCUT2D eigenvalue weighted by Gasteiger charge is -2.10. The third kappa shape index (κ3) is 2.08. The Hall–Kier alpha value is -3.13. The number of hydrogen-bond acceptors (Lipinski definition) is 3. The van der Waals surface area contributed by atoms with Crippen molar-refractivity contribution in [2.24, 2.45) is 0 Å². The molecule has 1 aliphatic heterocycles. The Morgan fingerprint density at radius 2 is 2.08 bits per heavy atom. The standard InChI is InChI=1S/C19H16N4O/c1-12-15-9-13(11-20)10-16(14-3-6-21-7-4-14)18(15)23-8-2-5-22-19(24)17(12)23/h3-4,6-7,9-10H,2,5,8H2,1H3,(H,22,24). The van der Waals surface area contributed by atoms with Gasteiger partial charge in [-0.1, -0.05) is 0 Å². The van der Waals surface area contributed by atoms with Gasteiger partial charge in [-0.3, -0.25) is 9.78 Å². The molecular weight excluding hydrogens is 300 g/mol. The van der Waals surface area contributed by atoms with E-state index < -0.39 is 0 Å². The van der Waals surface area contributed by atoms with Crippen LogP contribution >= 0.6 is 0 Å². The average Bonchev–Trinajstić information content (AvgIpc) is 2.77. The Morgan fingerprint density at radius 3 is 2.83 bits per heavy atom. The van der Waals surface area contributed by atoms with Gasteiger partial charge in [0.15, 0.2) is 0 Å². The number of fused-ring (bicyclic) bond motifs is 3. The molecule has 1 N–H and O–H groups in total. The van der Waals surface area contributed by atoms with Crippen LogP contribution in [0.5, 0.6) is 0 Å². The summed E-state index contributed by atoms with van der Waals surface area (Å²) in [5.74, 6) is -0.0413. The SMILES string of the molecule is Cc1c2n(c3c(-c4ccncc4)cc(C#N)cc13)CCCNC2=O. The minimum atomic E-state index is -0.0413. The van der Waals surface area contributed by atoms with E-state index in [2.05, 4.69) is 20.9 Å². The molecule has 1 amide bonds. The summed E-state index contributed by atoms with van der Waals surface area (Å²) in [6.07, 6.45) is 4.37. The highest BCUT2D eigenvalue weighted by atomic mass is 16.2. The molecule has 0 spiro atoms. The van der Waals surface area contributed by atoms with E-state index in [9.17, 15) is 10.1 Å². The zero-order valence-corrected chi connectivity index (χ0v) is 13.3. The Morgan fingerprint density at radius 1 is 1.29 bits per heavy atom. The maximum Gasteiger partial charge on any atom is 0.268 e. The van der Waals surface area contributed by atoms with Crippen molar-refractivity contribution >= 4 is 16.8 Å². The van der Waals surface area contributed by atoms with Crippen molar-refractivity contribution in [2.75, 3.05) is 6.54 Å². The third-order valence-corrected chi connectivity index (χ3v) is 4.59. The van der Waals surface area contributed by atoms with Crippen LogP contribution in [0, 0.1) is 18.3 Å². The lowest BCUT2D eigenvalue weighted by Crippen LogP contribution is -2.23. The van der Waals surface area contributed by atoms with Gasteiger partial charge in [0.1, 0.15) is 5.69 Å². The number of amides is 1. The molecule has 0 atom stereocenters. The summed E-state index contributed by atoms with van der Waals surface area (Å²) in [6, 6.07) is 9.88. The van der Waals surface area contributed by atoms with Gasteiger partial charge in [0.2, 0.25) is 0 Å². The van der Waals surface area contributed by atoms with Crippen molar-refractivity contribution in [2.45, 2.75) is 19.9 Å². The van der Waals surface area contributed by atoms with Crippen molar-refractivity contribution in [3.05, 3.63) is 53.5 Å². The highest BCUT2D eigenvalue weighted by molar-refractivity contribution is 6.06. The summed E-state index contributed by atoms with van der Waals surface area (Å²) in [4.78, 5) is 16.6. The van der Waals surface area contributed by atoms with Gasteiger partial charge in [-0.25, -0.2) is 0 Å². The van der Waals surface area contributed by atoms with E-state index in [4.69, 9.17) is 0 Å². The number of carbonyl (C=O) groups is 1. The van der Waals surface area contributed by atoms with Crippen LogP contribution in [0.2, 0.25) is 0 Å². The fourth-order valence-corrected chi connectivity index (χ4v) is 3.51. The van der Waals surface area contributed by atoms with E-state index in [-0.39, 0.29) is 5.91 Å². The molecule has 0 saturated carbocycles. The molecule has 118 valence electrons. The highest BCUT2D eigenvalue weighted by Gasteiger charge is 2.24. The third-order valence-electron chi connectivity index (χ3n) is 4.59. The zero-order valence-electron chi connectivity index (χ0n) is 13.3. The Labute approximate surface area is 139 Å². The molecule has 1 aromatic carbocycles. The second-order valence-electron chi connectivity index (χ2n) is 6.00. The summed E-state index contributed by atoms with van der Waals surface area (Å²) in [5, 5.41) is 13.3. The van der Waals surface area contributed by atoms with Crippen molar-refractivity contribution < 1.29 is 4.79 Å². The number of nitrogens with zero attached hydrogens (tertiary/aromatic N) is 3. The fourth-order valence-electron chi connectivity index (χ4n) is 3.51. The topological polar surface area (TPSA) is 70.7 Å². The van der Waals surface area contributed by atoms with Crippen LogP contribution in [-0.2, 0) is 6.54 Å². The maximum atomic E-state index is 12.5. The first-order valence-corrected chi connectivity index (χ1v) is 7.96. The molecule has 1 aliphatic rings. The van der Waals surface area contributed by atoms with Crippen LogP contribution in [0.4, 0.5) is 0 Å². The van der Waals surface area contributed by atoms with Crippen LogP contribution in [0.3, 0.4) is 0 Å². The summed E-state index contributed by atoms with van der Waals surface area (Å²) >= 11 is 0. The van der Waals surface area contributed by atoms with Gasteiger partial charge < -0.3 is 9.88 Å². The highest BCUT2D eigenvalue weighted by Crippen LogP contribution is 2.35. The van der Waals surface area contributed by atoms with E-state index in [1.54, 1.807) is 12.4 Å². The molecular formula is C19H16N4O. The number of aryl methyl sites for hydroxylation is 2. The molecule has 0 radical (unpaired) electrons. The summed E-state index contributed by atoms with van der Waals surface area (Å²) < 4.78 is 2.10. The number of nitriles is 1. The van der Waals surface area contributed by atoms with Crippen molar-refractivity contribution in [1.82, 2.24) is 14.9 Å². The summed E-state index contributed by atoms with van der Waals surface area (Å²) in [7, 11) is 0. The molecule has 5 heteroatoms. The first kappa shape index (κ1) is 14.5. The monoisotopic (exact) mass is 316 g/mol. The summed E-state index contributed by atoms with van der Waals surface area (Å²) in [6.45, 7) is 3.42. The van der Waals surface area contributed by atoms with Crippen LogP contribution in [0.1, 0.15) is 28.0 Å². The van der Waals surface area contributed by atoms with Gasteiger partial charge in [0.25, 0.3) is 5.91 Å². The Bertz CT molecular complexity index is 996. The number of benzene rings is 1. The van der Waals surface area contributed by atoms with E-state index >= 15 is 0 Å². The Balaban J connectivity index is 2.14. The molecule has 0 aliphatic carbocycles. The minimum absolute atomic E-state index is 0.0413. The van der Waals surface area contributed by atoms with E-state index in [1.165, 1.54) is 0 Å².